The molecule has 11 heteroatoms. The van der Waals surface area contributed by atoms with Gasteiger partial charge < -0.3 is 24.3 Å². The second kappa shape index (κ2) is 11.7. The standard InChI is InChI=1S/C25H35FN4O5S/c1-18(2)28-24(31)29(15-22-5-3-11-34-22)14-21-13-27-25(30(21)16-23-6-4-12-35-23)36(32,33)17-19-7-9-20(26)10-8-19/h7-10,13,18,22-23H,3-6,11-12,14-17H2,1-2H3,(H,28,31)/t22-,23-/m0/s1. The summed E-state index contributed by atoms with van der Waals surface area (Å²) in [6.45, 7) is 6.01. The van der Waals surface area contributed by atoms with Crippen molar-refractivity contribution < 1.29 is 27.1 Å². The van der Waals surface area contributed by atoms with Crippen LogP contribution < -0.4 is 5.32 Å². The van der Waals surface area contributed by atoms with Crippen LogP contribution in [0.2, 0.25) is 0 Å². The number of nitrogens with one attached hydrogen (secondary N) is 1. The van der Waals surface area contributed by atoms with Crippen LogP contribution in [0.4, 0.5) is 9.18 Å². The van der Waals surface area contributed by atoms with Crippen molar-refractivity contribution in [3.63, 3.8) is 0 Å². The van der Waals surface area contributed by atoms with Gasteiger partial charge in [0, 0.05) is 25.8 Å². The first-order valence-corrected chi connectivity index (χ1v) is 14.2. The topological polar surface area (TPSA) is 103 Å². The highest BCUT2D eigenvalue weighted by molar-refractivity contribution is 7.90. The van der Waals surface area contributed by atoms with Crippen LogP contribution in [0.5, 0.6) is 0 Å². The number of sulfone groups is 1. The number of carbonyl (C=O) groups excluding carboxylic acids is 1. The van der Waals surface area contributed by atoms with E-state index in [0.717, 1.165) is 25.7 Å². The molecule has 1 N–H and O–H groups in total. The summed E-state index contributed by atoms with van der Waals surface area (Å²) in [5, 5.41) is 2.86. The minimum Gasteiger partial charge on any atom is -0.376 e. The van der Waals surface area contributed by atoms with Crippen molar-refractivity contribution in [3.05, 3.63) is 47.5 Å². The Morgan fingerprint density at radius 3 is 2.44 bits per heavy atom. The minimum absolute atomic E-state index is 0.0482. The van der Waals surface area contributed by atoms with E-state index >= 15 is 0 Å². The normalized spacial score (nSPS) is 20.2. The molecule has 0 bridgehead atoms. The van der Waals surface area contributed by atoms with Gasteiger partial charge in [0.05, 0.1) is 42.9 Å². The van der Waals surface area contributed by atoms with Crippen molar-refractivity contribution in [2.45, 2.75) is 81.8 Å². The lowest BCUT2D eigenvalue weighted by Crippen LogP contribution is -2.46. The molecule has 2 atom stereocenters. The lowest BCUT2D eigenvalue weighted by atomic mass is 10.2. The predicted octanol–water partition coefficient (Wildman–Crippen LogP) is 3.27. The van der Waals surface area contributed by atoms with E-state index in [1.165, 1.54) is 30.5 Å². The first kappa shape index (κ1) is 26.6. The van der Waals surface area contributed by atoms with Gasteiger partial charge in [0.1, 0.15) is 5.82 Å². The molecule has 2 saturated heterocycles. The number of urea groups is 1. The molecule has 9 nitrogen and oxygen atoms in total. The Kier molecular flexibility index (Phi) is 8.63. The van der Waals surface area contributed by atoms with Crippen LogP contribution >= 0.6 is 0 Å². The molecule has 2 aromatic rings. The first-order valence-electron chi connectivity index (χ1n) is 12.5. The third-order valence-electron chi connectivity index (χ3n) is 6.36. The molecular formula is C25H35FN4O5S. The molecule has 0 unspecified atom stereocenters. The largest absolute Gasteiger partial charge is 0.376 e. The highest BCUT2D eigenvalue weighted by atomic mass is 32.2. The molecule has 0 spiro atoms. The van der Waals surface area contributed by atoms with Gasteiger partial charge in [-0.05, 0) is 57.2 Å². The number of amides is 2. The molecular weight excluding hydrogens is 487 g/mol. The maximum absolute atomic E-state index is 13.4. The maximum Gasteiger partial charge on any atom is 0.318 e. The lowest BCUT2D eigenvalue weighted by Gasteiger charge is -2.27. The van der Waals surface area contributed by atoms with E-state index in [0.29, 0.717) is 37.6 Å². The van der Waals surface area contributed by atoms with Crippen LogP contribution in [-0.4, -0.2) is 66.9 Å². The quantitative estimate of drug-likeness (QED) is 0.514. The molecule has 0 saturated carbocycles. The molecule has 0 radical (unpaired) electrons. The zero-order chi connectivity index (χ0) is 25.7. The lowest BCUT2D eigenvalue weighted by molar-refractivity contribution is 0.0768. The highest BCUT2D eigenvalue weighted by Crippen LogP contribution is 2.23. The van der Waals surface area contributed by atoms with E-state index in [9.17, 15) is 17.6 Å². The third kappa shape index (κ3) is 6.83. The number of carbonyl (C=O) groups is 1. The summed E-state index contributed by atoms with van der Waals surface area (Å²) < 4.78 is 53.4. The fraction of sp³-hybridized carbons (Fsp3) is 0.600. The molecule has 198 valence electrons. The number of nitrogens with zero attached hydrogens (tertiary/aromatic N) is 3. The van der Waals surface area contributed by atoms with Crippen molar-refractivity contribution in [2.75, 3.05) is 19.8 Å². The average Bonchev–Trinajstić information content (AvgIpc) is 3.58. The van der Waals surface area contributed by atoms with Gasteiger partial charge in [-0.1, -0.05) is 12.1 Å². The van der Waals surface area contributed by atoms with Crippen LogP contribution in [0.1, 0.15) is 50.8 Å². The number of benzene rings is 1. The number of aromatic nitrogens is 2. The summed E-state index contributed by atoms with van der Waals surface area (Å²) in [6.07, 6.45) is 4.90. The molecule has 4 rings (SSSR count). The molecule has 1 aromatic heterocycles. The van der Waals surface area contributed by atoms with Gasteiger partial charge in [-0.25, -0.2) is 22.6 Å². The van der Waals surface area contributed by atoms with E-state index in [1.54, 1.807) is 9.47 Å². The number of halogens is 1. The monoisotopic (exact) mass is 522 g/mol. The second-order valence-corrected chi connectivity index (χ2v) is 11.7. The molecule has 36 heavy (non-hydrogen) atoms. The zero-order valence-corrected chi connectivity index (χ0v) is 21.7. The Bertz CT molecular complexity index is 1120. The molecule has 2 aliphatic heterocycles. The van der Waals surface area contributed by atoms with Gasteiger partial charge in [0.25, 0.3) is 0 Å². The second-order valence-electron chi connectivity index (χ2n) is 9.78. The van der Waals surface area contributed by atoms with Gasteiger partial charge in [-0.15, -0.1) is 0 Å². The minimum atomic E-state index is -3.84. The smallest absolute Gasteiger partial charge is 0.318 e. The fourth-order valence-corrected chi connectivity index (χ4v) is 6.11. The van der Waals surface area contributed by atoms with Gasteiger partial charge in [0.2, 0.25) is 15.0 Å². The maximum atomic E-state index is 13.4. The van der Waals surface area contributed by atoms with Crippen molar-refractivity contribution in [1.29, 1.82) is 0 Å². The molecule has 1 aromatic carbocycles. The molecule has 2 amide bonds. The van der Waals surface area contributed by atoms with E-state index in [1.807, 2.05) is 13.8 Å². The van der Waals surface area contributed by atoms with Gasteiger partial charge in [-0.3, -0.25) is 0 Å². The molecule has 2 fully saturated rings. The van der Waals surface area contributed by atoms with Crippen LogP contribution in [0.25, 0.3) is 0 Å². The van der Waals surface area contributed by atoms with Crippen LogP contribution in [0.15, 0.2) is 35.6 Å². The van der Waals surface area contributed by atoms with Crippen LogP contribution in [-0.2, 0) is 38.2 Å². The molecule has 2 aliphatic rings. The van der Waals surface area contributed by atoms with E-state index in [-0.39, 0.29) is 41.7 Å². The zero-order valence-electron chi connectivity index (χ0n) is 20.9. The summed E-state index contributed by atoms with van der Waals surface area (Å²) in [4.78, 5) is 19.0. The summed E-state index contributed by atoms with van der Waals surface area (Å²) >= 11 is 0. The van der Waals surface area contributed by atoms with Gasteiger partial charge in [0.15, 0.2) is 0 Å². The van der Waals surface area contributed by atoms with Crippen LogP contribution in [0, 0.1) is 5.82 Å². The Labute approximate surface area is 211 Å². The third-order valence-corrected chi connectivity index (χ3v) is 7.96. The van der Waals surface area contributed by atoms with E-state index in [4.69, 9.17) is 9.47 Å². The highest BCUT2D eigenvalue weighted by Gasteiger charge is 2.29. The molecule has 3 heterocycles. The number of ether oxygens (including phenoxy) is 2. The van der Waals surface area contributed by atoms with E-state index < -0.39 is 15.7 Å². The summed E-state index contributed by atoms with van der Waals surface area (Å²) in [5.74, 6) is -0.729. The van der Waals surface area contributed by atoms with Crippen molar-refractivity contribution in [2.24, 2.45) is 0 Å². The van der Waals surface area contributed by atoms with Gasteiger partial charge >= 0.3 is 6.03 Å². The Balaban J connectivity index is 1.62. The number of hydrogen-bond donors (Lipinski definition) is 1. The van der Waals surface area contributed by atoms with Gasteiger partial charge in [-0.2, -0.15) is 0 Å². The van der Waals surface area contributed by atoms with Crippen molar-refractivity contribution in [3.8, 4) is 0 Å². The Morgan fingerprint density at radius 1 is 1.17 bits per heavy atom. The van der Waals surface area contributed by atoms with Crippen molar-refractivity contribution >= 4 is 15.9 Å². The molecule has 0 aliphatic carbocycles. The first-order chi connectivity index (χ1) is 17.2. The number of rotatable bonds is 10. The fourth-order valence-electron chi connectivity index (χ4n) is 4.61. The predicted molar refractivity (Wildman–Crippen MR) is 132 cm³/mol. The van der Waals surface area contributed by atoms with Crippen LogP contribution in [0.3, 0.4) is 0 Å². The van der Waals surface area contributed by atoms with Crippen molar-refractivity contribution in [1.82, 2.24) is 19.8 Å². The summed E-state index contributed by atoms with van der Waals surface area (Å²) in [7, 11) is -3.84. The van der Waals surface area contributed by atoms with E-state index in [2.05, 4.69) is 10.3 Å². The SMILES string of the molecule is CC(C)NC(=O)N(Cc1cnc(S(=O)(=O)Cc2ccc(F)cc2)n1C[C@@H]1CCCO1)C[C@@H]1CCCO1. The average molecular weight is 523 g/mol. The summed E-state index contributed by atoms with van der Waals surface area (Å²) in [6, 6.07) is 5.12. The summed E-state index contributed by atoms with van der Waals surface area (Å²) in [5.41, 5.74) is 1.08. The number of imidazole rings is 1. The Morgan fingerprint density at radius 2 is 1.83 bits per heavy atom. The Hall–Kier alpha value is -2.50. The number of hydrogen-bond acceptors (Lipinski definition) is 6.